The minimum Gasteiger partial charge on any atom is -0.481 e. The van der Waals surface area contributed by atoms with Gasteiger partial charge in [-0.05, 0) is 44.3 Å². The summed E-state index contributed by atoms with van der Waals surface area (Å²) in [5.41, 5.74) is 1.06. The highest BCUT2D eigenvalue weighted by Gasteiger charge is 2.39. The molecule has 2 heterocycles. The predicted octanol–water partition coefficient (Wildman–Crippen LogP) is 3.46. The fourth-order valence-corrected chi connectivity index (χ4v) is 5.14. The average molecular weight is 417 g/mol. The average Bonchev–Trinajstić information content (AvgIpc) is 2.75. The minimum atomic E-state index is 0.0517. The van der Waals surface area contributed by atoms with E-state index in [0.29, 0.717) is 24.8 Å². The number of hydrogen-bond acceptors (Lipinski definition) is 5. The van der Waals surface area contributed by atoms with Crippen molar-refractivity contribution in [1.82, 2.24) is 20.1 Å². The summed E-state index contributed by atoms with van der Waals surface area (Å²) < 4.78 is 5.28. The first-order chi connectivity index (χ1) is 14.5. The fraction of sp³-hybridized carbons (Fsp3) is 0.750. The van der Waals surface area contributed by atoms with Gasteiger partial charge < -0.3 is 10.1 Å². The molecule has 0 bridgehead atoms. The number of ether oxygens (including phenoxy) is 1. The molecule has 1 aromatic heterocycles. The van der Waals surface area contributed by atoms with Crippen molar-refractivity contribution in [2.45, 2.75) is 70.9 Å². The molecule has 6 nitrogen and oxygen atoms in total. The zero-order valence-electron chi connectivity index (χ0n) is 19.2. The Hall–Kier alpha value is -1.66. The topological polar surface area (TPSA) is 57.7 Å². The Labute approximate surface area is 182 Å². The zero-order valence-corrected chi connectivity index (χ0v) is 19.2. The number of pyridine rings is 1. The Morgan fingerprint density at radius 1 is 1.13 bits per heavy atom. The maximum Gasteiger partial charge on any atom is 0.221 e. The van der Waals surface area contributed by atoms with Crippen LogP contribution >= 0.6 is 0 Å². The smallest absolute Gasteiger partial charge is 0.221 e. The van der Waals surface area contributed by atoms with Gasteiger partial charge in [-0.1, -0.05) is 39.2 Å². The molecule has 0 atom stereocenters. The molecule has 1 spiro atoms. The van der Waals surface area contributed by atoms with Crippen molar-refractivity contribution in [3.63, 3.8) is 0 Å². The lowest BCUT2D eigenvalue weighted by atomic mass is 9.77. The number of amides is 1. The van der Waals surface area contributed by atoms with E-state index in [1.54, 1.807) is 7.11 Å². The molecule has 1 aliphatic heterocycles. The fourth-order valence-electron chi connectivity index (χ4n) is 5.14. The highest BCUT2D eigenvalue weighted by Crippen LogP contribution is 2.37. The predicted molar refractivity (Wildman–Crippen MR) is 121 cm³/mol. The molecule has 1 aliphatic carbocycles. The quantitative estimate of drug-likeness (QED) is 0.797. The first kappa shape index (κ1) is 23.0. The molecule has 0 radical (unpaired) electrons. The van der Waals surface area contributed by atoms with Crippen molar-refractivity contribution >= 4 is 5.91 Å². The van der Waals surface area contributed by atoms with Crippen LogP contribution in [-0.4, -0.2) is 66.1 Å². The standard InChI is InChI=1S/C24H40N4O2/c1-20(2)18-28-15-8-14-27(19-21-9-7-10-23(26-21)30-3)16-13-25-22(29)17-24(28)11-5-4-6-12-24/h7,9-10,20H,4-6,8,11-19H2,1-3H3,(H,25,29). The van der Waals surface area contributed by atoms with Crippen molar-refractivity contribution in [3.8, 4) is 5.88 Å². The van der Waals surface area contributed by atoms with Crippen molar-refractivity contribution in [3.05, 3.63) is 23.9 Å². The van der Waals surface area contributed by atoms with Gasteiger partial charge >= 0.3 is 0 Å². The minimum absolute atomic E-state index is 0.0517. The first-order valence-electron chi connectivity index (χ1n) is 11.7. The van der Waals surface area contributed by atoms with E-state index in [-0.39, 0.29) is 11.4 Å². The molecular weight excluding hydrogens is 376 g/mol. The third-order valence-corrected chi connectivity index (χ3v) is 6.56. The number of hydrogen-bond donors (Lipinski definition) is 1. The monoisotopic (exact) mass is 416 g/mol. The molecule has 0 aromatic carbocycles. The number of methoxy groups -OCH3 is 1. The Kier molecular flexibility index (Phi) is 8.51. The zero-order chi connectivity index (χ0) is 21.4. The largest absolute Gasteiger partial charge is 0.481 e. The molecule has 6 heteroatoms. The molecule has 1 N–H and O–H groups in total. The van der Waals surface area contributed by atoms with Gasteiger partial charge in [0.2, 0.25) is 11.8 Å². The van der Waals surface area contributed by atoms with E-state index in [2.05, 4.69) is 33.9 Å². The highest BCUT2D eigenvalue weighted by molar-refractivity contribution is 5.77. The molecule has 1 saturated carbocycles. The van der Waals surface area contributed by atoms with Gasteiger partial charge in [0.05, 0.1) is 12.8 Å². The third kappa shape index (κ3) is 6.42. The van der Waals surface area contributed by atoms with Gasteiger partial charge in [0, 0.05) is 44.2 Å². The normalized spacial score (nSPS) is 21.9. The molecule has 1 amide bonds. The Morgan fingerprint density at radius 2 is 1.93 bits per heavy atom. The lowest BCUT2D eigenvalue weighted by Gasteiger charge is -2.47. The van der Waals surface area contributed by atoms with E-state index in [1.165, 1.54) is 19.3 Å². The molecule has 1 saturated heterocycles. The maximum atomic E-state index is 12.9. The van der Waals surface area contributed by atoms with E-state index in [4.69, 9.17) is 4.74 Å². The summed E-state index contributed by atoms with van der Waals surface area (Å²) in [6.45, 7) is 10.1. The van der Waals surface area contributed by atoms with Crippen LogP contribution in [0.3, 0.4) is 0 Å². The van der Waals surface area contributed by atoms with E-state index >= 15 is 0 Å². The van der Waals surface area contributed by atoms with Crippen LogP contribution in [0, 0.1) is 5.92 Å². The molecule has 2 aliphatic rings. The van der Waals surface area contributed by atoms with Crippen LogP contribution in [0.15, 0.2) is 18.2 Å². The number of carbonyl (C=O) groups is 1. The van der Waals surface area contributed by atoms with Gasteiger partial charge in [-0.25, -0.2) is 4.98 Å². The lowest BCUT2D eigenvalue weighted by molar-refractivity contribution is -0.125. The molecule has 3 rings (SSSR count). The molecular formula is C24H40N4O2. The highest BCUT2D eigenvalue weighted by atomic mass is 16.5. The van der Waals surface area contributed by atoms with Crippen molar-refractivity contribution < 1.29 is 9.53 Å². The summed E-state index contributed by atoms with van der Waals surface area (Å²) in [4.78, 5) is 22.5. The summed E-state index contributed by atoms with van der Waals surface area (Å²) in [7, 11) is 1.65. The van der Waals surface area contributed by atoms with E-state index in [0.717, 1.165) is 57.7 Å². The van der Waals surface area contributed by atoms with E-state index < -0.39 is 0 Å². The van der Waals surface area contributed by atoms with Gasteiger partial charge in [-0.15, -0.1) is 0 Å². The van der Waals surface area contributed by atoms with Crippen LogP contribution in [0.2, 0.25) is 0 Å². The summed E-state index contributed by atoms with van der Waals surface area (Å²) in [5, 5.41) is 3.21. The van der Waals surface area contributed by atoms with Crippen molar-refractivity contribution in [2.75, 3.05) is 39.8 Å². The van der Waals surface area contributed by atoms with Gasteiger partial charge in [-0.3, -0.25) is 14.6 Å². The maximum absolute atomic E-state index is 12.9. The Balaban J connectivity index is 1.72. The lowest BCUT2D eigenvalue weighted by Crippen LogP contribution is -2.54. The van der Waals surface area contributed by atoms with E-state index in [1.807, 2.05) is 18.2 Å². The van der Waals surface area contributed by atoms with Crippen LogP contribution < -0.4 is 10.1 Å². The van der Waals surface area contributed by atoms with Crippen LogP contribution in [0.1, 0.15) is 64.5 Å². The number of nitrogens with one attached hydrogen (secondary N) is 1. The number of nitrogens with zero attached hydrogens (tertiary/aromatic N) is 3. The van der Waals surface area contributed by atoms with Gasteiger partial charge in [0.15, 0.2) is 0 Å². The number of rotatable bonds is 5. The van der Waals surface area contributed by atoms with Gasteiger partial charge in [-0.2, -0.15) is 0 Å². The summed E-state index contributed by atoms with van der Waals surface area (Å²) in [6, 6.07) is 5.92. The van der Waals surface area contributed by atoms with Gasteiger partial charge in [0.1, 0.15) is 0 Å². The third-order valence-electron chi connectivity index (χ3n) is 6.56. The molecule has 0 unspecified atom stereocenters. The van der Waals surface area contributed by atoms with Crippen LogP contribution in [0.25, 0.3) is 0 Å². The van der Waals surface area contributed by atoms with Crippen LogP contribution in [0.4, 0.5) is 0 Å². The van der Waals surface area contributed by atoms with Gasteiger partial charge in [0.25, 0.3) is 0 Å². The van der Waals surface area contributed by atoms with Crippen molar-refractivity contribution in [1.29, 1.82) is 0 Å². The summed E-state index contributed by atoms with van der Waals surface area (Å²) >= 11 is 0. The number of aromatic nitrogens is 1. The van der Waals surface area contributed by atoms with Crippen LogP contribution in [-0.2, 0) is 11.3 Å². The second-order valence-electron chi connectivity index (χ2n) is 9.45. The van der Waals surface area contributed by atoms with E-state index in [9.17, 15) is 4.79 Å². The second-order valence-corrected chi connectivity index (χ2v) is 9.45. The summed E-state index contributed by atoms with van der Waals surface area (Å²) in [6.07, 6.45) is 7.88. The SMILES string of the molecule is COc1cccc(CN2CCCN(CC(C)C)C3(CCCCC3)CC(=O)NCC2)n1. The Bertz CT molecular complexity index is 673. The molecule has 168 valence electrons. The molecule has 30 heavy (non-hydrogen) atoms. The first-order valence-corrected chi connectivity index (χ1v) is 11.7. The molecule has 2 fully saturated rings. The summed E-state index contributed by atoms with van der Waals surface area (Å²) in [5.74, 6) is 1.47. The Morgan fingerprint density at radius 3 is 2.67 bits per heavy atom. The van der Waals surface area contributed by atoms with Crippen molar-refractivity contribution in [2.24, 2.45) is 5.92 Å². The number of carbonyl (C=O) groups excluding carboxylic acids is 1. The second kappa shape index (κ2) is 11.1. The van der Waals surface area contributed by atoms with Crippen LogP contribution in [0.5, 0.6) is 5.88 Å². The molecule has 1 aromatic rings.